The van der Waals surface area contributed by atoms with Crippen LogP contribution in [0.25, 0.3) is 10.9 Å². The van der Waals surface area contributed by atoms with E-state index < -0.39 is 0 Å². The number of hydrogen-bond donors (Lipinski definition) is 1. The second kappa shape index (κ2) is 6.42. The SMILES string of the molecule is CCNCc1ccc2c(ccn2CCC2CCCO2)c1. The van der Waals surface area contributed by atoms with Gasteiger partial charge < -0.3 is 14.6 Å². The van der Waals surface area contributed by atoms with Crippen LogP contribution in [-0.2, 0) is 17.8 Å². The van der Waals surface area contributed by atoms with E-state index in [0.717, 1.165) is 32.7 Å². The van der Waals surface area contributed by atoms with Crippen LogP contribution in [0.3, 0.4) is 0 Å². The van der Waals surface area contributed by atoms with Crippen molar-refractivity contribution in [2.24, 2.45) is 0 Å². The summed E-state index contributed by atoms with van der Waals surface area (Å²) in [6, 6.07) is 8.99. The molecule has 1 aromatic heterocycles. The monoisotopic (exact) mass is 272 g/mol. The molecule has 0 radical (unpaired) electrons. The first kappa shape index (κ1) is 13.7. The van der Waals surface area contributed by atoms with Crippen LogP contribution in [0.1, 0.15) is 31.7 Å². The molecule has 0 amide bonds. The summed E-state index contributed by atoms with van der Waals surface area (Å²) >= 11 is 0. The predicted octanol–water partition coefficient (Wildman–Crippen LogP) is 3.32. The Kier molecular flexibility index (Phi) is 4.38. The average molecular weight is 272 g/mol. The second-order valence-electron chi connectivity index (χ2n) is 5.61. The molecule has 0 aliphatic carbocycles. The number of hydrogen-bond acceptors (Lipinski definition) is 2. The van der Waals surface area contributed by atoms with E-state index in [1.54, 1.807) is 0 Å². The molecule has 0 bridgehead atoms. The fourth-order valence-electron chi connectivity index (χ4n) is 2.98. The number of rotatable bonds is 6. The summed E-state index contributed by atoms with van der Waals surface area (Å²) in [6.07, 6.45) is 6.26. The number of nitrogens with zero attached hydrogens (tertiary/aromatic N) is 1. The molecule has 0 saturated carbocycles. The molecule has 1 aromatic carbocycles. The van der Waals surface area contributed by atoms with E-state index in [-0.39, 0.29) is 0 Å². The van der Waals surface area contributed by atoms with Crippen molar-refractivity contribution >= 4 is 10.9 Å². The zero-order valence-corrected chi connectivity index (χ0v) is 12.3. The fourth-order valence-corrected chi connectivity index (χ4v) is 2.98. The highest BCUT2D eigenvalue weighted by atomic mass is 16.5. The van der Waals surface area contributed by atoms with Gasteiger partial charge in [-0.05, 0) is 55.0 Å². The number of benzene rings is 1. The third-order valence-corrected chi connectivity index (χ3v) is 4.13. The lowest BCUT2D eigenvalue weighted by atomic mass is 10.1. The molecule has 20 heavy (non-hydrogen) atoms. The molecule has 1 fully saturated rings. The molecule has 108 valence electrons. The molecule has 3 rings (SSSR count). The molecule has 0 spiro atoms. The van der Waals surface area contributed by atoms with Gasteiger partial charge in [0.05, 0.1) is 6.10 Å². The molecule has 1 atom stereocenters. The van der Waals surface area contributed by atoms with Crippen molar-refractivity contribution in [1.29, 1.82) is 0 Å². The van der Waals surface area contributed by atoms with Gasteiger partial charge in [0, 0.05) is 31.4 Å². The minimum atomic E-state index is 0.473. The molecule has 1 saturated heterocycles. The van der Waals surface area contributed by atoms with Crippen molar-refractivity contribution in [1.82, 2.24) is 9.88 Å². The Morgan fingerprint density at radius 3 is 3.10 bits per heavy atom. The van der Waals surface area contributed by atoms with Crippen LogP contribution < -0.4 is 5.32 Å². The molecular weight excluding hydrogens is 248 g/mol. The zero-order chi connectivity index (χ0) is 13.8. The van der Waals surface area contributed by atoms with Gasteiger partial charge in [0.2, 0.25) is 0 Å². The van der Waals surface area contributed by atoms with Gasteiger partial charge in [0.1, 0.15) is 0 Å². The minimum absolute atomic E-state index is 0.473. The van der Waals surface area contributed by atoms with Gasteiger partial charge in [0.15, 0.2) is 0 Å². The van der Waals surface area contributed by atoms with E-state index in [4.69, 9.17) is 4.74 Å². The largest absolute Gasteiger partial charge is 0.378 e. The average Bonchev–Trinajstić information content (AvgIpc) is 3.12. The Bertz CT molecular complexity index is 555. The summed E-state index contributed by atoms with van der Waals surface area (Å²) in [5, 5.41) is 4.72. The first-order valence-electron chi connectivity index (χ1n) is 7.77. The van der Waals surface area contributed by atoms with Gasteiger partial charge in [-0.25, -0.2) is 0 Å². The van der Waals surface area contributed by atoms with Crippen LogP contribution >= 0.6 is 0 Å². The number of aromatic nitrogens is 1. The lowest BCUT2D eigenvalue weighted by Crippen LogP contribution is -2.11. The summed E-state index contributed by atoms with van der Waals surface area (Å²) in [6.45, 7) is 6.11. The molecule has 1 unspecified atom stereocenters. The first-order chi connectivity index (χ1) is 9.86. The van der Waals surface area contributed by atoms with Crippen molar-refractivity contribution in [2.75, 3.05) is 13.2 Å². The van der Waals surface area contributed by atoms with E-state index in [1.807, 2.05) is 0 Å². The normalized spacial score (nSPS) is 18.9. The van der Waals surface area contributed by atoms with Crippen LogP contribution in [0.5, 0.6) is 0 Å². The van der Waals surface area contributed by atoms with E-state index in [2.05, 4.69) is 47.3 Å². The molecule has 2 heterocycles. The quantitative estimate of drug-likeness (QED) is 0.873. The van der Waals surface area contributed by atoms with Gasteiger partial charge in [-0.15, -0.1) is 0 Å². The van der Waals surface area contributed by atoms with Crippen molar-refractivity contribution in [2.45, 2.75) is 45.4 Å². The second-order valence-corrected chi connectivity index (χ2v) is 5.61. The highest BCUT2D eigenvalue weighted by molar-refractivity contribution is 5.80. The highest BCUT2D eigenvalue weighted by Gasteiger charge is 2.15. The smallest absolute Gasteiger partial charge is 0.0593 e. The van der Waals surface area contributed by atoms with Crippen molar-refractivity contribution < 1.29 is 4.74 Å². The summed E-state index contributed by atoms with van der Waals surface area (Å²) in [5.41, 5.74) is 2.69. The number of fused-ring (bicyclic) bond motifs is 1. The lowest BCUT2D eigenvalue weighted by Gasteiger charge is -2.11. The molecule has 1 N–H and O–H groups in total. The van der Waals surface area contributed by atoms with Crippen LogP contribution in [0.15, 0.2) is 30.5 Å². The Balaban J connectivity index is 1.68. The van der Waals surface area contributed by atoms with Crippen LogP contribution in [0, 0.1) is 0 Å². The summed E-state index contributed by atoms with van der Waals surface area (Å²) in [4.78, 5) is 0. The van der Waals surface area contributed by atoms with Gasteiger partial charge in [-0.1, -0.05) is 13.0 Å². The zero-order valence-electron chi connectivity index (χ0n) is 12.3. The van der Waals surface area contributed by atoms with E-state index in [9.17, 15) is 0 Å². The molecule has 1 aliphatic rings. The maximum absolute atomic E-state index is 5.71. The number of aryl methyl sites for hydroxylation is 1. The number of ether oxygens (including phenoxy) is 1. The molecule has 3 heteroatoms. The van der Waals surface area contributed by atoms with Crippen molar-refractivity contribution in [3.05, 3.63) is 36.0 Å². The topological polar surface area (TPSA) is 26.2 Å². The Hall–Kier alpha value is -1.32. The van der Waals surface area contributed by atoms with Gasteiger partial charge in [-0.2, -0.15) is 0 Å². The Morgan fingerprint density at radius 2 is 2.30 bits per heavy atom. The van der Waals surface area contributed by atoms with Gasteiger partial charge >= 0.3 is 0 Å². The van der Waals surface area contributed by atoms with Crippen molar-refractivity contribution in [3.63, 3.8) is 0 Å². The molecule has 2 aromatic rings. The summed E-state index contributed by atoms with van der Waals surface area (Å²) in [7, 11) is 0. The minimum Gasteiger partial charge on any atom is -0.378 e. The van der Waals surface area contributed by atoms with Crippen LogP contribution in [-0.4, -0.2) is 23.8 Å². The Morgan fingerprint density at radius 1 is 1.35 bits per heavy atom. The number of nitrogens with one attached hydrogen (secondary N) is 1. The summed E-state index contributed by atoms with van der Waals surface area (Å²) in [5.74, 6) is 0. The van der Waals surface area contributed by atoms with Crippen LogP contribution in [0.2, 0.25) is 0 Å². The molecule has 1 aliphatic heterocycles. The third-order valence-electron chi connectivity index (χ3n) is 4.13. The van der Waals surface area contributed by atoms with Crippen molar-refractivity contribution in [3.8, 4) is 0 Å². The standard InChI is InChI=1S/C17H24N2O/c1-2-18-13-14-5-6-17-15(12-14)7-9-19(17)10-8-16-4-3-11-20-16/h5-7,9,12,16,18H,2-4,8,10-11,13H2,1H3. The van der Waals surface area contributed by atoms with E-state index in [0.29, 0.717) is 6.10 Å². The third kappa shape index (κ3) is 3.05. The Labute approximate surface area is 120 Å². The predicted molar refractivity (Wildman–Crippen MR) is 82.9 cm³/mol. The molecule has 3 nitrogen and oxygen atoms in total. The summed E-state index contributed by atoms with van der Waals surface area (Å²) < 4.78 is 8.06. The lowest BCUT2D eigenvalue weighted by molar-refractivity contribution is 0.101. The van der Waals surface area contributed by atoms with E-state index >= 15 is 0 Å². The first-order valence-corrected chi connectivity index (χ1v) is 7.77. The maximum Gasteiger partial charge on any atom is 0.0593 e. The van der Waals surface area contributed by atoms with Gasteiger partial charge in [0.25, 0.3) is 0 Å². The maximum atomic E-state index is 5.71. The highest BCUT2D eigenvalue weighted by Crippen LogP contribution is 2.21. The fraction of sp³-hybridized carbons (Fsp3) is 0.529. The van der Waals surface area contributed by atoms with Gasteiger partial charge in [-0.3, -0.25) is 0 Å². The van der Waals surface area contributed by atoms with Crippen LogP contribution in [0.4, 0.5) is 0 Å². The molecular formula is C17H24N2O. The van der Waals surface area contributed by atoms with E-state index in [1.165, 1.54) is 29.3 Å².